The second-order valence-electron chi connectivity index (χ2n) is 7.15. The Morgan fingerprint density at radius 1 is 1.17 bits per heavy atom. The van der Waals surface area contributed by atoms with E-state index in [0.717, 1.165) is 22.2 Å². The van der Waals surface area contributed by atoms with Crippen molar-refractivity contribution in [2.45, 2.75) is 12.5 Å². The molecule has 1 saturated heterocycles. The third-order valence-electron chi connectivity index (χ3n) is 4.76. The second-order valence-corrected chi connectivity index (χ2v) is 8.83. The predicted molar refractivity (Wildman–Crippen MR) is 138 cm³/mol. The van der Waals surface area contributed by atoms with E-state index in [1.165, 1.54) is 14.2 Å². The standard InChI is InChI=1S/C23H22N2O7S2.ClH/c1-30-18-10-14(11-19-21(28)25(12-20(26)27)23(33)34-19)5-8-17(18)32-15-6-3-13(4-7-15)9-16(24)22(29)31-2;/h3-8,10-11,16H,9,12,24H2,1-2H3,(H,26,27);1H/b19-11-;/t16-;/m0./s1. The highest BCUT2D eigenvalue weighted by Crippen LogP contribution is 2.36. The normalized spacial score (nSPS) is 14.9. The van der Waals surface area contributed by atoms with E-state index in [2.05, 4.69) is 4.74 Å². The number of rotatable bonds is 9. The third-order valence-corrected chi connectivity index (χ3v) is 6.14. The lowest BCUT2D eigenvalue weighted by molar-refractivity contribution is -0.142. The molecule has 1 amide bonds. The van der Waals surface area contributed by atoms with Gasteiger partial charge in [0, 0.05) is 0 Å². The van der Waals surface area contributed by atoms with Crippen LogP contribution in [0.25, 0.3) is 6.08 Å². The Bertz CT molecular complexity index is 1160. The molecule has 0 saturated carbocycles. The molecule has 12 heteroatoms. The third kappa shape index (κ3) is 7.18. The van der Waals surface area contributed by atoms with Crippen molar-refractivity contribution in [2.75, 3.05) is 20.8 Å². The second kappa shape index (κ2) is 12.5. The maximum absolute atomic E-state index is 12.5. The Morgan fingerprint density at radius 2 is 1.86 bits per heavy atom. The minimum Gasteiger partial charge on any atom is -0.493 e. The van der Waals surface area contributed by atoms with Crippen molar-refractivity contribution in [1.29, 1.82) is 0 Å². The van der Waals surface area contributed by atoms with E-state index in [-0.39, 0.29) is 16.7 Å². The fourth-order valence-electron chi connectivity index (χ4n) is 3.09. The predicted octanol–water partition coefficient (Wildman–Crippen LogP) is 3.24. The highest BCUT2D eigenvalue weighted by Gasteiger charge is 2.33. The molecule has 1 fully saturated rings. The molecule has 1 heterocycles. The first kappa shape index (κ1) is 28.1. The van der Waals surface area contributed by atoms with Crippen molar-refractivity contribution in [3.05, 3.63) is 58.5 Å². The van der Waals surface area contributed by atoms with Gasteiger partial charge in [0.25, 0.3) is 5.91 Å². The first-order chi connectivity index (χ1) is 16.2. The van der Waals surface area contributed by atoms with Crippen LogP contribution in [-0.2, 0) is 25.5 Å². The number of thiocarbonyl (C=S) groups is 1. The van der Waals surface area contributed by atoms with Crippen LogP contribution in [0.2, 0.25) is 0 Å². The molecule has 2 aromatic rings. The molecule has 9 nitrogen and oxygen atoms in total. The van der Waals surface area contributed by atoms with E-state index in [9.17, 15) is 14.4 Å². The summed E-state index contributed by atoms with van der Waals surface area (Å²) in [6.45, 7) is -0.481. The van der Waals surface area contributed by atoms with Gasteiger partial charge in [0.1, 0.15) is 22.7 Å². The van der Waals surface area contributed by atoms with Gasteiger partial charge in [0.05, 0.1) is 19.1 Å². The zero-order chi connectivity index (χ0) is 24.8. The molecule has 3 N–H and O–H groups in total. The zero-order valence-electron chi connectivity index (χ0n) is 18.8. The number of benzene rings is 2. The highest BCUT2D eigenvalue weighted by molar-refractivity contribution is 8.26. The minimum atomic E-state index is -1.14. The summed E-state index contributed by atoms with van der Waals surface area (Å²) in [7, 11) is 2.79. The monoisotopic (exact) mass is 538 g/mol. The van der Waals surface area contributed by atoms with Crippen molar-refractivity contribution < 1.29 is 33.7 Å². The van der Waals surface area contributed by atoms with Crippen LogP contribution in [0, 0.1) is 0 Å². The Hall–Kier alpha value is -3.12. The van der Waals surface area contributed by atoms with Gasteiger partial charge in [0.15, 0.2) is 11.5 Å². The molecule has 2 aromatic carbocycles. The van der Waals surface area contributed by atoms with Crippen LogP contribution in [0.4, 0.5) is 0 Å². The number of hydrogen-bond donors (Lipinski definition) is 2. The summed E-state index contributed by atoms with van der Waals surface area (Å²) in [5.41, 5.74) is 7.31. The number of aliphatic carboxylic acids is 1. The number of hydrogen-bond acceptors (Lipinski definition) is 9. The molecule has 35 heavy (non-hydrogen) atoms. The molecule has 0 aliphatic carbocycles. The minimum absolute atomic E-state index is 0. The number of carboxylic acid groups (broad SMARTS) is 1. The number of nitrogens with zero attached hydrogens (tertiary/aromatic N) is 1. The molecule has 0 unspecified atom stereocenters. The van der Waals surface area contributed by atoms with Gasteiger partial charge in [-0.2, -0.15) is 0 Å². The van der Waals surface area contributed by atoms with Gasteiger partial charge in [-0.25, -0.2) is 0 Å². The number of ether oxygens (including phenoxy) is 3. The van der Waals surface area contributed by atoms with Crippen LogP contribution < -0.4 is 15.2 Å². The van der Waals surface area contributed by atoms with Gasteiger partial charge in [-0.3, -0.25) is 19.3 Å². The van der Waals surface area contributed by atoms with E-state index in [1.54, 1.807) is 48.5 Å². The number of carbonyl (C=O) groups excluding carboxylic acids is 2. The van der Waals surface area contributed by atoms with Crippen molar-refractivity contribution in [3.63, 3.8) is 0 Å². The van der Waals surface area contributed by atoms with Gasteiger partial charge in [-0.1, -0.05) is 42.2 Å². The largest absolute Gasteiger partial charge is 0.493 e. The lowest BCUT2D eigenvalue weighted by Gasteiger charge is -2.13. The first-order valence-electron chi connectivity index (χ1n) is 9.97. The molecule has 1 aliphatic rings. The maximum atomic E-state index is 12.5. The van der Waals surface area contributed by atoms with Gasteiger partial charge < -0.3 is 25.1 Å². The lowest BCUT2D eigenvalue weighted by atomic mass is 10.1. The Kier molecular flexibility index (Phi) is 10.1. The Labute approximate surface area is 217 Å². The maximum Gasteiger partial charge on any atom is 0.323 e. The van der Waals surface area contributed by atoms with Crippen LogP contribution >= 0.6 is 36.4 Å². The Balaban J connectivity index is 0.00000432. The summed E-state index contributed by atoms with van der Waals surface area (Å²) in [6, 6.07) is 11.5. The number of carboxylic acids is 1. The average Bonchev–Trinajstić information content (AvgIpc) is 3.07. The van der Waals surface area contributed by atoms with E-state index in [1.807, 2.05) is 0 Å². The van der Waals surface area contributed by atoms with Gasteiger partial charge >= 0.3 is 11.9 Å². The molecular weight excluding hydrogens is 516 g/mol. The van der Waals surface area contributed by atoms with Crippen LogP contribution in [0.5, 0.6) is 17.2 Å². The summed E-state index contributed by atoms with van der Waals surface area (Å²) in [6.07, 6.45) is 1.95. The van der Waals surface area contributed by atoms with Crippen molar-refractivity contribution in [1.82, 2.24) is 4.90 Å². The fraction of sp³-hybridized carbons (Fsp3) is 0.217. The van der Waals surface area contributed by atoms with Crippen LogP contribution in [-0.4, -0.2) is 59.0 Å². The molecule has 0 aromatic heterocycles. The van der Waals surface area contributed by atoms with E-state index >= 15 is 0 Å². The Morgan fingerprint density at radius 3 is 2.46 bits per heavy atom. The molecule has 1 aliphatic heterocycles. The smallest absolute Gasteiger partial charge is 0.323 e. The molecule has 0 radical (unpaired) electrons. The quantitative estimate of drug-likeness (QED) is 0.279. The van der Waals surface area contributed by atoms with E-state index < -0.39 is 30.4 Å². The highest BCUT2D eigenvalue weighted by atomic mass is 35.5. The number of amides is 1. The van der Waals surface area contributed by atoms with Crippen molar-refractivity contribution in [2.24, 2.45) is 5.73 Å². The SMILES string of the molecule is COC(=O)[C@@H](N)Cc1ccc(Oc2ccc(/C=C3\SC(=S)N(CC(=O)O)C3=O)cc2OC)cc1.Cl. The number of halogens is 1. The molecule has 0 spiro atoms. The van der Waals surface area contributed by atoms with Gasteiger partial charge in [-0.15, -0.1) is 12.4 Å². The van der Waals surface area contributed by atoms with Crippen LogP contribution in [0.3, 0.4) is 0 Å². The average molecular weight is 539 g/mol. The molecule has 0 bridgehead atoms. The van der Waals surface area contributed by atoms with E-state index in [0.29, 0.717) is 34.1 Å². The summed E-state index contributed by atoms with van der Waals surface area (Å²) in [5.74, 6) is -0.627. The number of methoxy groups -OCH3 is 2. The van der Waals surface area contributed by atoms with Gasteiger partial charge in [0.2, 0.25) is 0 Å². The lowest BCUT2D eigenvalue weighted by Crippen LogP contribution is -2.33. The zero-order valence-corrected chi connectivity index (χ0v) is 21.2. The van der Waals surface area contributed by atoms with Crippen molar-refractivity contribution in [3.8, 4) is 17.2 Å². The topological polar surface area (TPSA) is 128 Å². The summed E-state index contributed by atoms with van der Waals surface area (Å²) >= 11 is 6.15. The number of carbonyl (C=O) groups is 3. The first-order valence-corrected chi connectivity index (χ1v) is 11.2. The number of esters is 1. The van der Waals surface area contributed by atoms with Crippen LogP contribution in [0.15, 0.2) is 47.4 Å². The van der Waals surface area contributed by atoms with Crippen LogP contribution in [0.1, 0.15) is 11.1 Å². The molecule has 3 rings (SSSR count). The summed E-state index contributed by atoms with van der Waals surface area (Å²) < 4.78 is 16.2. The summed E-state index contributed by atoms with van der Waals surface area (Å²) in [5, 5.41) is 8.95. The number of nitrogens with two attached hydrogens (primary N) is 1. The fourth-order valence-corrected chi connectivity index (χ4v) is 4.35. The molecule has 186 valence electrons. The molecular formula is C23H23ClN2O7S2. The summed E-state index contributed by atoms with van der Waals surface area (Å²) in [4.78, 5) is 36.3. The molecule has 1 atom stereocenters. The van der Waals surface area contributed by atoms with E-state index in [4.69, 9.17) is 32.5 Å². The van der Waals surface area contributed by atoms with Gasteiger partial charge in [-0.05, 0) is 47.9 Å². The van der Waals surface area contributed by atoms with Crippen molar-refractivity contribution >= 4 is 64.6 Å². The number of thioether (sulfide) groups is 1.